The second-order valence-electron chi connectivity index (χ2n) is 5.09. The van der Waals surface area contributed by atoms with Crippen LogP contribution in [0.1, 0.15) is 37.0 Å². The van der Waals surface area contributed by atoms with Crippen LogP contribution in [0.15, 0.2) is 48.5 Å². The van der Waals surface area contributed by atoms with Crippen molar-refractivity contribution in [3.05, 3.63) is 54.1 Å². The Balaban J connectivity index is 2.40. The Morgan fingerprint density at radius 2 is 1.55 bits per heavy atom. The Morgan fingerprint density at radius 1 is 0.955 bits per heavy atom. The van der Waals surface area contributed by atoms with Crippen molar-refractivity contribution in [1.82, 2.24) is 0 Å². The number of methoxy groups -OCH3 is 1. The SMILES string of the molecule is CCC(CC)OC(=O)c1ccccc1-c1ccccc1OC. The summed E-state index contributed by atoms with van der Waals surface area (Å²) in [6, 6.07) is 15.2. The van der Waals surface area contributed by atoms with Gasteiger partial charge in [0.15, 0.2) is 0 Å². The van der Waals surface area contributed by atoms with Crippen molar-refractivity contribution in [2.75, 3.05) is 7.11 Å². The van der Waals surface area contributed by atoms with Crippen molar-refractivity contribution in [2.45, 2.75) is 32.8 Å². The molecule has 0 aliphatic carbocycles. The van der Waals surface area contributed by atoms with Crippen LogP contribution in [0, 0.1) is 0 Å². The molecule has 2 aromatic carbocycles. The molecule has 0 atom stereocenters. The first-order valence-corrected chi connectivity index (χ1v) is 7.64. The Morgan fingerprint density at radius 3 is 2.18 bits per heavy atom. The largest absolute Gasteiger partial charge is 0.496 e. The minimum atomic E-state index is -0.282. The number of para-hydroxylation sites is 1. The van der Waals surface area contributed by atoms with Crippen molar-refractivity contribution in [1.29, 1.82) is 0 Å². The van der Waals surface area contributed by atoms with Crippen LogP contribution in [-0.2, 0) is 4.74 Å². The third-order valence-corrected chi connectivity index (χ3v) is 3.73. The highest BCUT2D eigenvalue weighted by Crippen LogP contribution is 2.32. The standard InChI is InChI=1S/C19H22O3/c1-4-14(5-2)22-19(20)17-12-7-6-10-15(17)16-11-8-9-13-18(16)21-3/h6-14H,4-5H2,1-3H3. The van der Waals surface area contributed by atoms with Crippen LogP contribution >= 0.6 is 0 Å². The van der Waals surface area contributed by atoms with Crippen LogP contribution < -0.4 is 4.74 Å². The van der Waals surface area contributed by atoms with Gasteiger partial charge in [-0.1, -0.05) is 50.2 Å². The summed E-state index contributed by atoms with van der Waals surface area (Å²) >= 11 is 0. The number of carbonyl (C=O) groups excluding carboxylic acids is 1. The molecule has 0 amide bonds. The molecule has 0 aromatic heterocycles. The minimum absolute atomic E-state index is 0.0433. The first-order chi connectivity index (χ1) is 10.7. The number of hydrogen-bond acceptors (Lipinski definition) is 3. The molecule has 0 radical (unpaired) electrons. The molecule has 0 aliphatic heterocycles. The van der Waals surface area contributed by atoms with Gasteiger partial charge in [0, 0.05) is 5.56 Å². The van der Waals surface area contributed by atoms with Gasteiger partial charge in [0.05, 0.1) is 12.7 Å². The molecule has 0 spiro atoms. The highest BCUT2D eigenvalue weighted by atomic mass is 16.5. The first-order valence-electron chi connectivity index (χ1n) is 7.64. The Labute approximate surface area is 131 Å². The zero-order valence-corrected chi connectivity index (χ0v) is 13.3. The molecule has 2 aromatic rings. The van der Waals surface area contributed by atoms with Gasteiger partial charge >= 0.3 is 5.97 Å². The summed E-state index contributed by atoms with van der Waals surface area (Å²) in [4.78, 5) is 12.5. The maximum absolute atomic E-state index is 12.5. The van der Waals surface area contributed by atoms with E-state index in [1.165, 1.54) is 0 Å². The number of ether oxygens (including phenoxy) is 2. The van der Waals surface area contributed by atoms with E-state index < -0.39 is 0 Å². The van der Waals surface area contributed by atoms with Crippen LogP contribution in [-0.4, -0.2) is 19.2 Å². The van der Waals surface area contributed by atoms with Gasteiger partial charge in [0.1, 0.15) is 11.9 Å². The second-order valence-corrected chi connectivity index (χ2v) is 5.09. The van der Waals surface area contributed by atoms with E-state index in [1.807, 2.05) is 56.3 Å². The molecule has 0 fully saturated rings. The molecule has 0 N–H and O–H groups in total. The summed E-state index contributed by atoms with van der Waals surface area (Å²) < 4.78 is 11.0. The quantitative estimate of drug-likeness (QED) is 0.725. The average Bonchev–Trinajstić information content (AvgIpc) is 2.59. The molecule has 0 heterocycles. The summed E-state index contributed by atoms with van der Waals surface area (Å²) in [5, 5.41) is 0. The topological polar surface area (TPSA) is 35.5 Å². The monoisotopic (exact) mass is 298 g/mol. The van der Waals surface area contributed by atoms with Gasteiger partial charge in [0.25, 0.3) is 0 Å². The van der Waals surface area contributed by atoms with Crippen molar-refractivity contribution in [3.8, 4) is 16.9 Å². The van der Waals surface area contributed by atoms with Crippen LogP contribution in [0.25, 0.3) is 11.1 Å². The van der Waals surface area contributed by atoms with E-state index in [0.717, 1.165) is 29.7 Å². The zero-order chi connectivity index (χ0) is 15.9. The molecule has 0 saturated carbocycles. The van der Waals surface area contributed by atoms with E-state index in [4.69, 9.17) is 9.47 Å². The van der Waals surface area contributed by atoms with Gasteiger partial charge in [-0.25, -0.2) is 4.79 Å². The molecule has 0 unspecified atom stereocenters. The van der Waals surface area contributed by atoms with Crippen LogP contribution in [0.2, 0.25) is 0 Å². The lowest BCUT2D eigenvalue weighted by atomic mass is 9.99. The van der Waals surface area contributed by atoms with Crippen molar-refractivity contribution in [3.63, 3.8) is 0 Å². The summed E-state index contributed by atoms with van der Waals surface area (Å²) in [5.74, 6) is 0.459. The highest BCUT2D eigenvalue weighted by Gasteiger charge is 2.18. The van der Waals surface area contributed by atoms with Crippen LogP contribution in [0.3, 0.4) is 0 Å². The van der Waals surface area contributed by atoms with E-state index in [1.54, 1.807) is 13.2 Å². The predicted octanol–water partition coefficient (Wildman–Crippen LogP) is 4.71. The number of esters is 1. The van der Waals surface area contributed by atoms with E-state index in [9.17, 15) is 4.79 Å². The van der Waals surface area contributed by atoms with Crippen LogP contribution in [0.5, 0.6) is 5.75 Å². The minimum Gasteiger partial charge on any atom is -0.496 e. The fourth-order valence-corrected chi connectivity index (χ4v) is 2.43. The van der Waals surface area contributed by atoms with E-state index >= 15 is 0 Å². The lowest BCUT2D eigenvalue weighted by Gasteiger charge is -2.16. The Kier molecular flexibility index (Phi) is 5.59. The first kappa shape index (κ1) is 16.1. The van der Waals surface area contributed by atoms with Crippen molar-refractivity contribution >= 4 is 5.97 Å². The van der Waals surface area contributed by atoms with Crippen molar-refractivity contribution in [2.24, 2.45) is 0 Å². The average molecular weight is 298 g/mol. The van der Waals surface area contributed by atoms with Gasteiger partial charge in [-0.2, -0.15) is 0 Å². The summed E-state index contributed by atoms with van der Waals surface area (Å²) in [7, 11) is 1.63. The lowest BCUT2D eigenvalue weighted by Crippen LogP contribution is -2.17. The smallest absolute Gasteiger partial charge is 0.339 e. The third kappa shape index (κ3) is 3.48. The Bertz CT molecular complexity index is 630. The van der Waals surface area contributed by atoms with Crippen LogP contribution in [0.4, 0.5) is 0 Å². The van der Waals surface area contributed by atoms with Gasteiger partial charge in [-0.3, -0.25) is 0 Å². The second kappa shape index (κ2) is 7.64. The number of carbonyl (C=O) groups is 1. The molecule has 0 bridgehead atoms. The van der Waals surface area contributed by atoms with Gasteiger partial charge in [-0.15, -0.1) is 0 Å². The molecule has 116 valence electrons. The van der Waals surface area contributed by atoms with E-state index in [2.05, 4.69) is 0 Å². The normalized spacial score (nSPS) is 10.5. The maximum Gasteiger partial charge on any atom is 0.339 e. The molecular formula is C19H22O3. The van der Waals surface area contributed by atoms with Crippen molar-refractivity contribution < 1.29 is 14.3 Å². The van der Waals surface area contributed by atoms with Gasteiger partial charge in [-0.05, 0) is 30.5 Å². The highest BCUT2D eigenvalue weighted by molar-refractivity contribution is 5.98. The molecule has 22 heavy (non-hydrogen) atoms. The Hall–Kier alpha value is -2.29. The number of benzene rings is 2. The fraction of sp³-hybridized carbons (Fsp3) is 0.316. The number of rotatable bonds is 6. The predicted molar refractivity (Wildman–Crippen MR) is 88.2 cm³/mol. The maximum atomic E-state index is 12.5. The molecule has 0 saturated heterocycles. The molecule has 2 rings (SSSR count). The summed E-state index contributed by atoms with van der Waals surface area (Å²) in [5.41, 5.74) is 2.29. The molecule has 3 nitrogen and oxygen atoms in total. The van der Waals surface area contributed by atoms with Gasteiger partial charge < -0.3 is 9.47 Å². The van der Waals surface area contributed by atoms with E-state index in [-0.39, 0.29) is 12.1 Å². The number of hydrogen-bond donors (Lipinski definition) is 0. The summed E-state index contributed by atoms with van der Waals surface area (Å²) in [6.45, 7) is 4.04. The third-order valence-electron chi connectivity index (χ3n) is 3.73. The van der Waals surface area contributed by atoms with Gasteiger partial charge in [0.2, 0.25) is 0 Å². The van der Waals surface area contributed by atoms with E-state index in [0.29, 0.717) is 5.56 Å². The zero-order valence-electron chi connectivity index (χ0n) is 13.3. The summed E-state index contributed by atoms with van der Waals surface area (Å²) in [6.07, 6.45) is 1.59. The molecular weight excluding hydrogens is 276 g/mol. The molecule has 3 heteroatoms. The molecule has 0 aliphatic rings. The fourth-order valence-electron chi connectivity index (χ4n) is 2.43. The lowest BCUT2D eigenvalue weighted by molar-refractivity contribution is 0.0285.